The number of hydrogen-bond donors (Lipinski definition) is 2. The molecule has 0 aliphatic rings. The van der Waals surface area contributed by atoms with E-state index in [2.05, 4.69) is 12.2 Å². The SMILES string of the molecule is CCCOc1ccc(C(=O)Nc2c(C)cccc2CC)cc1N. The Labute approximate surface area is 137 Å². The van der Waals surface area contributed by atoms with Gasteiger partial charge in [0.25, 0.3) is 5.91 Å². The first-order chi connectivity index (χ1) is 11.1. The van der Waals surface area contributed by atoms with Gasteiger partial charge in [0.1, 0.15) is 5.75 Å². The number of carbonyl (C=O) groups is 1. The Balaban J connectivity index is 2.20. The maximum absolute atomic E-state index is 12.5. The summed E-state index contributed by atoms with van der Waals surface area (Å²) in [5.74, 6) is 0.455. The Morgan fingerprint density at radius 1 is 1.22 bits per heavy atom. The Bertz CT molecular complexity index is 696. The average molecular weight is 312 g/mol. The lowest BCUT2D eigenvalue weighted by Crippen LogP contribution is -2.14. The molecule has 0 aliphatic heterocycles. The summed E-state index contributed by atoms with van der Waals surface area (Å²) in [5, 5.41) is 3.00. The highest BCUT2D eigenvalue weighted by Crippen LogP contribution is 2.25. The molecule has 0 saturated carbocycles. The number of ether oxygens (including phenoxy) is 1. The first-order valence-electron chi connectivity index (χ1n) is 7.99. The van der Waals surface area contributed by atoms with Crippen molar-refractivity contribution >= 4 is 17.3 Å². The fourth-order valence-corrected chi connectivity index (χ4v) is 2.42. The van der Waals surface area contributed by atoms with Gasteiger partial charge < -0.3 is 15.8 Å². The van der Waals surface area contributed by atoms with Crippen molar-refractivity contribution in [2.75, 3.05) is 17.7 Å². The quantitative estimate of drug-likeness (QED) is 0.786. The van der Waals surface area contributed by atoms with Crippen molar-refractivity contribution in [2.45, 2.75) is 33.6 Å². The van der Waals surface area contributed by atoms with Crippen LogP contribution in [0.15, 0.2) is 36.4 Å². The molecule has 0 radical (unpaired) electrons. The first-order valence-corrected chi connectivity index (χ1v) is 7.99. The summed E-state index contributed by atoms with van der Waals surface area (Å²) in [6.45, 7) is 6.71. The van der Waals surface area contributed by atoms with E-state index < -0.39 is 0 Å². The van der Waals surface area contributed by atoms with Crippen molar-refractivity contribution in [3.8, 4) is 5.75 Å². The van der Waals surface area contributed by atoms with Crippen LogP contribution in [0.5, 0.6) is 5.75 Å². The monoisotopic (exact) mass is 312 g/mol. The van der Waals surface area contributed by atoms with Gasteiger partial charge in [-0.05, 0) is 49.1 Å². The average Bonchev–Trinajstić information content (AvgIpc) is 2.55. The van der Waals surface area contributed by atoms with E-state index in [1.807, 2.05) is 32.0 Å². The number of rotatable bonds is 6. The second kappa shape index (κ2) is 7.68. The van der Waals surface area contributed by atoms with Crippen LogP contribution in [0.3, 0.4) is 0 Å². The lowest BCUT2D eigenvalue weighted by atomic mass is 10.1. The number of carbonyl (C=O) groups excluding carboxylic acids is 1. The highest BCUT2D eigenvalue weighted by atomic mass is 16.5. The molecule has 0 saturated heterocycles. The predicted molar refractivity (Wildman–Crippen MR) is 95.2 cm³/mol. The molecule has 0 aliphatic carbocycles. The molecule has 2 rings (SSSR count). The third-order valence-electron chi connectivity index (χ3n) is 3.71. The van der Waals surface area contributed by atoms with Crippen molar-refractivity contribution in [3.05, 3.63) is 53.1 Å². The van der Waals surface area contributed by atoms with E-state index in [-0.39, 0.29) is 5.91 Å². The lowest BCUT2D eigenvalue weighted by Gasteiger charge is -2.14. The van der Waals surface area contributed by atoms with Crippen molar-refractivity contribution in [1.82, 2.24) is 0 Å². The molecule has 3 N–H and O–H groups in total. The minimum atomic E-state index is -0.164. The van der Waals surface area contributed by atoms with Crippen LogP contribution in [0, 0.1) is 6.92 Å². The largest absolute Gasteiger partial charge is 0.491 e. The van der Waals surface area contributed by atoms with E-state index >= 15 is 0 Å². The van der Waals surface area contributed by atoms with E-state index in [1.165, 1.54) is 0 Å². The summed E-state index contributed by atoms with van der Waals surface area (Å²) < 4.78 is 5.54. The van der Waals surface area contributed by atoms with E-state index in [0.717, 1.165) is 29.7 Å². The fourth-order valence-electron chi connectivity index (χ4n) is 2.42. The van der Waals surface area contributed by atoms with Crippen molar-refractivity contribution in [3.63, 3.8) is 0 Å². The first kappa shape index (κ1) is 16.9. The summed E-state index contributed by atoms with van der Waals surface area (Å²) in [6.07, 6.45) is 1.78. The summed E-state index contributed by atoms with van der Waals surface area (Å²) >= 11 is 0. The fraction of sp³-hybridized carbons (Fsp3) is 0.316. The second-order valence-electron chi connectivity index (χ2n) is 5.52. The van der Waals surface area contributed by atoms with Crippen LogP contribution >= 0.6 is 0 Å². The predicted octanol–water partition coefficient (Wildman–Crippen LogP) is 4.18. The van der Waals surface area contributed by atoms with Gasteiger partial charge in [0.05, 0.1) is 12.3 Å². The van der Waals surface area contributed by atoms with Crippen LogP contribution in [0.4, 0.5) is 11.4 Å². The molecule has 0 bridgehead atoms. The topological polar surface area (TPSA) is 64.3 Å². The molecule has 2 aromatic carbocycles. The van der Waals surface area contributed by atoms with Crippen molar-refractivity contribution in [2.24, 2.45) is 0 Å². The van der Waals surface area contributed by atoms with E-state index in [1.54, 1.807) is 18.2 Å². The number of nitrogen functional groups attached to an aromatic ring is 1. The van der Waals surface area contributed by atoms with Gasteiger partial charge in [-0.15, -0.1) is 0 Å². The molecule has 1 amide bonds. The lowest BCUT2D eigenvalue weighted by molar-refractivity contribution is 0.102. The smallest absolute Gasteiger partial charge is 0.255 e. The molecule has 0 unspecified atom stereocenters. The zero-order chi connectivity index (χ0) is 16.8. The number of hydrogen-bond acceptors (Lipinski definition) is 3. The number of nitrogens with one attached hydrogen (secondary N) is 1. The highest BCUT2D eigenvalue weighted by Gasteiger charge is 2.12. The summed E-state index contributed by atoms with van der Waals surface area (Å²) in [5.41, 5.74) is 10.0. The summed E-state index contributed by atoms with van der Waals surface area (Å²) in [6, 6.07) is 11.2. The molecular weight excluding hydrogens is 288 g/mol. The molecule has 0 fully saturated rings. The van der Waals surface area contributed by atoms with Gasteiger partial charge in [-0.2, -0.15) is 0 Å². The van der Waals surface area contributed by atoms with Crippen LogP contribution in [0.1, 0.15) is 41.8 Å². The molecule has 0 atom stereocenters. The minimum absolute atomic E-state index is 0.164. The number of para-hydroxylation sites is 1. The number of anilines is 2. The van der Waals surface area contributed by atoms with Crippen LogP contribution < -0.4 is 15.8 Å². The Kier molecular flexibility index (Phi) is 5.63. The third kappa shape index (κ3) is 4.03. The van der Waals surface area contributed by atoms with Crippen molar-refractivity contribution in [1.29, 1.82) is 0 Å². The number of benzene rings is 2. The van der Waals surface area contributed by atoms with Gasteiger partial charge in [0.15, 0.2) is 0 Å². The molecule has 122 valence electrons. The van der Waals surface area contributed by atoms with E-state index in [0.29, 0.717) is 23.6 Å². The van der Waals surface area contributed by atoms with Gasteiger partial charge in [0, 0.05) is 11.3 Å². The van der Waals surface area contributed by atoms with Gasteiger partial charge in [-0.25, -0.2) is 0 Å². The van der Waals surface area contributed by atoms with Crippen LogP contribution in [0.25, 0.3) is 0 Å². The molecule has 4 nitrogen and oxygen atoms in total. The third-order valence-corrected chi connectivity index (χ3v) is 3.71. The van der Waals surface area contributed by atoms with Gasteiger partial charge in [-0.1, -0.05) is 32.0 Å². The van der Waals surface area contributed by atoms with Gasteiger partial charge >= 0.3 is 0 Å². The normalized spacial score (nSPS) is 10.4. The second-order valence-corrected chi connectivity index (χ2v) is 5.52. The van der Waals surface area contributed by atoms with Crippen molar-refractivity contribution < 1.29 is 9.53 Å². The number of amides is 1. The Hall–Kier alpha value is -2.49. The van der Waals surface area contributed by atoms with E-state index in [4.69, 9.17) is 10.5 Å². The molecule has 0 heterocycles. The zero-order valence-corrected chi connectivity index (χ0v) is 14.0. The molecule has 0 spiro atoms. The maximum atomic E-state index is 12.5. The molecule has 4 heteroatoms. The van der Waals surface area contributed by atoms with Crippen LogP contribution in [-0.4, -0.2) is 12.5 Å². The maximum Gasteiger partial charge on any atom is 0.255 e. The Morgan fingerprint density at radius 3 is 2.65 bits per heavy atom. The molecule has 0 aromatic heterocycles. The Morgan fingerprint density at radius 2 is 2.00 bits per heavy atom. The van der Waals surface area contributed by atoms with Gasteiger partial charge in [-0.3, -0.25) is 4.79 Å². The zero-order valence-electron chi connectivity index (χ0n) is 14.0. The van der Waals surface area contributed by atoms with Crippen LogP contribution in [0.2, 0.25) is 0 Å². The summed E-state index contributed by atoms with van der Waals surface area (Å²) in [7, 11) is 0. The van der Waals surface area contributed by atoms with Crippen LogP contribution in [-0.2, 0) is 6.42 Å². The van der Waals surface area contributed by atoms with Gasteiger partial charge in [0.2, 0.25) is 0 Å². The van der Waals surface area contributed by atoms with E-state index in [9.17, 15) is 4.79 Å². The number of aryl methyl sites for hydroxylation is 2. The molecule has 2 aromatic rings. The summed E-state index contributed by atoms with van der Waals surface area (Å²) in [4.78, 5) is 12.5. The standard InChI is InChI=1S/C19H24N2O2/c1-4-11-23-17-10-9-15(12-16(17)20)19(22)21-18-13(3)7-6-8-14(18)5-2/h6-10,12H,4-5,11,20H2,1-3H3,(H,21,22). The highest BCUT2D eigenvalue weighted by molar-refractivity contribution is 6.05. The minimum Gasteiger partial charge on any atom is -0.491 e. The molecular formula is C19H24N2O2. The molecule has 23 heavy (non-hydrogen) atoms. The number of nitrogens with two attached hydrogens (primary N) is 1.